The van der Waals surface area contributed by atoms with Crippen LogP contribution in [0.3, 0.4) is 0 Å². The lowest BCUT2D eigenvalue weighted by atomic mass is 10.3. The van der Waals surface area contributed by atoms with Gasteiger partial charge in [-0.2, -0.15) is 5.10 Å². The second kappa shape index (κ2) is 5.72. The van der Waals surface area contributed by atoms with E-state index in [1.165, 1.54) is 28.3 Å². The Morgan fingerprint density at radius 1 is 1.63 bits per heavy atom. The zero-order valence-corrected chi connectivity index (χ0v) is 11.5. The Hall–Kier alpha value is -2.06. The molecule has 0 aliphatic heterocycles. The summed E-state index contributed by atoms with van der Waals surface area (Å²) in [5.41, 5.74) is 2.59. The number of aromatic nitrogens is 2. The Morgan fingerprint density at radius 3 is 3.00 bits per heavy atom. The second-order valence-electron chi connectivity index (χ2n) is 3.53. The molecule has 0 spiro atoms. The lowest BCUT2D eigenvalue weighted by Gasteiger charge is -1.97. The minimum Gasteiger partial charge on any atom is -0.493 e. The van der Waals surface area contributed by atoms with Crippen LogP contribution in [0.25, 0.3) is 0 Å². The van der Waals surface area contributed by atoms with Crippen molar-refractivity contribution in [1.29, 1.82) is 0 Å². The number of hydrogen-bond donors (Lipinski definition) is 2. The summed E-state index contributed by atoms with van der Waals surface area (Å²) in [6.45, 7) is 0. The van der Waals surface area contributed by atoms with Crippen LogP contribution in [-0.2, 0) is 7.05 Å². The molecule has 1 amide bonds. The van der Waals surface area contributed by atoms with Gasteiger partial charge in [0.25, 0.3) is 5.91 Å². The van der Waals surface area contributed by atoms with Gasteiger partial charge in [0.1, 0.15) is 10.6 Å². The first kappa shape index (κ1) is 13.4. The molecule has 0 radical (unpaired) electrons. The van der Waals surface area contributed by atoms with Gasteiger partial charge >= 0.3 is 0 Å². The molecule has 2 rings (SSSR count). The first-order valence-electron chi connectivity index (χ1n) is 5.23. The molecule has 19 heavy (non-hydrogen) atoms. The maximum atomic E-state index is 11.6. The van der Waals surface area contributed by atoms with E-state index in [1.807, 2.05) is 0 Å². The van der Waals surface area contributed by atoms with Gasteiger partial charge in [-0.25, -0.2) is 5.43 Å². The molecular weight excluding hydrogens is 284 g/mol. The first-order chi connectivity index (χ1) is 9.09. The largest absolute Gasteiger partial charge is 0.493 e. The van der Waals surface area contributed by atoms with Gasteiger partial charge in [-0.3, -0.25) is 14.3 Å². The molecule has 0 aliphatic carbocycles. The van der Waals surface area contributed by atoms with Crippen molar-refractivity contribution in [3.8, 4) is 5.88 Å². The lowest BCUT2D eigenvalue weighted by molar-refractivity contribution is 0.0950. The number of carbonyl (C=O) groups excluding carboxylic acids is 1. The molecule has 8 heteroatoms. The van der Waals surface area contributed by atoms with E-state index in [1.54, 1.807) is 25.2 Å². The highest BCUT2D eigenvalue weighted by atomic mass is 32.1. The summed E-state index contributed by atoms with van der Waals surface area (Å²) in [7, 11) is 1.65. The lowest BCUT2D eigenvalue weighted by Crippen LogP contribution is -2.18. The van der Waals surface area contributed by atoms with Gasteiger partial charge in [-0.05, 0) is 24.4 Å². The number of pyridine rings is 1. The molecule has 0 aliphatic rings. The Kier molecular flexibility index (Phi) is 4.03. The number of aromatic hydroxyl groups is 1. The average molecular weight is 294 g/mol. The molecule has 0 bridgehead atoms. The summed E-state index contributed by atoms with van der Waals surface area (Å²) in [5.74, 6) is -0.401. The molecule has 2 aromatic heterocycles. The minimum absolute atomic E-state index is 0.0193. The van der Waals surface area contributed by atoms with E-state index in [4.69, 9.17) is 12.2 Å². The summed E-state index contributed by atoms with van der Waals surface area (Å²) < 4.78 is 1.98. The Labute approximate surface area is 118 Å². The van der Waals surface area contributed by atoms with Crippen LogP contribution < -0.4 is 5.43 Å². The predicted molar refractivity (Wildman–Crippen MR) is 75.1 cm³/mol. The number of rotatable bonds is 3. The Morgan fingerprint density at radius 2 is 2.42 bits per heavy atom. The number of nitrogens with one attached hydrogen (secondary N) is 1. The maximum absolute atomic E-state index is 11.6. The number of amides is 1. The minimum atomic E-state index is -0.420. The van der Waals surface area contributed by atoms with Crippen molar-refractivity contribution in [1.82, 2.24) is 15.0 Å². The fourth-order valence-electron chi connectivity index (χ4n) is 1.25. The smallest absolute Gasteiger partial charge is 0.289 e. The van der Waals surface area contributed by atoms with Crippen LogP contribution in [0, 0.1) is 3.95 Å². The van der Waals surface area contributed by atoms with Crippen molar-refractivity contribution in [2.24, 2.45) is 12.1 Å². The monoisotopic (exact) mass is 294 g/mol. The van der Waals surface area contributed by atoms with E-state index >= 15 is 0 Å². The van der Waals surface area contributed by atoms with Gasteiger partial charge < -0.3 is 5.11 Å². The molecule has 0 atom stereocenters. The van der Waals surface area contributed by atoms with E-state index in [9.17, 15) is 9.90 Å². The summed E-state index contributed by atoms with van der Waals surface area (Å²) in [6.07, 6.45) is 2.86. The van der Waals surface area contributed by atoms with Gasteiger partial charge in [-0.1, -0.05) is 17.4 Å². The Bertz CT molecular complexity index is 676. The normalized spacial score (nSPS) is 10.8. The highest BCUT2D eigenvalue weighted by Crippen LogP contribution is 2.22. The van der Waals surface area contributed by atoms with E-state index < -0.39 is 5.91 Å². The van der Waals surface area contributed by atoms with Crippen LogP contribution >= 0.6 is 23.6 Å². The molecule has 0 aromatic carbocycles. The van der Waals surface area contributed by atoms with Crippen molar-refractivity contribution in [2.45, 2.75) is 0 Å². The van der Waals surface area contributed by atoms with E-state index in [2.05, 4.69) is 15.5 Å². The van der Waals surface area contributed by atoms with Gasteiger partial charge in [0, 0.05) is 13.2 Å². The van der Waals surface area contributed by atoms with E-state index in [0.29, 0.717) is 8.83 Å². The van der Waals surface area contributed by atoms with Crippen LogP contribution in [0.5, 0.6) is 5.88 Å². The van der Waals surface area contributed by atoms with Crippen molar-refractivity contribution in [3.63, 3.8) is 0 Å². The number of nitrogens with zero attached hydrogens (tertiary/aromatic N) is 3. The van der Waals surface area contributed by atoms with E-state index in [-0.39, 0.29) is 11.6 Å². The number of carbonyl (C=O) groups is 1. The van der Waals surface area contributed by atoms with Gasteiger partial charge in [0.05, 0.1) is 6.21 Å². The molecule has 2 heterocycles. The summed E-state index contributed by atoms with van der Waals surface area (Å²) in [6, 6.07) is 5.00. The highest BCUT2D eigenvalue weighted by Gasteiger charge is 2.07. The topological polar surface area (TPSA) is 79.5 Å². The quantitative estimate of drug-likeness (QED) is 0.513. The molecule has 0 fully saturated rings. The standard InChI is InChI=1S/C11H10N4O2S2/c1-15-10(17)8(19-11(15)18)6-13-14-9(16)7-4-2-3-5-12-7/h2-6,17H,1H3,(H,14,16)/b13-6+. The fraction of sp³-hybridized carbons (Fsp3) is 0.0909. The molecular formula is C11H10N4O2S2. The number of hydrogen-bond acceptors (Lipinski definition) is 6. The maximum Gasteiger partial charge on any atom is 0.289 e. The summed E-state index contributed by atoms with van der Waals surface area (Å²) in [5, 5.41) is 13.5. The number of hydrazone groups is 1. The van der Waals surface area contributed by atoms with Gasteiger partial charge in [0.15, 0.2) is 3.95 Å². The van der Waals surface area contributed by atoms with Crippen LogP contribution in [0.2, 0.25) is 0 Å². The first-order valence-corrected chi connectivity index (χ1v) is 6.45. The zero-order valence-electron chi connectivity index (χ0n) is 9.90. The molecule has 6 nitrogen and oxygen atoms in total. The highest BCUT2D eigenvalue weighted by molar-refractivity contribution is 7.73. The van der Waals surface area contributed by atoms with Crippen molar-refractivity contribution in [2.75, 3.05) is 0 Å². The zero-order chi connectivity index (χ0) is 13.8. The molecule has 0 saturated heterocycles. The second-order valence-corrected chi connectivity index (χ2v) is 5.20. The molecule has 2 N–H and O–H groups in total. The molecule has 2 aromatic rings. The van der Waals surface area contributed by atoms with Crippen LogP contribution in [0.1, 0.15) is 15.4 Å². The van der Waals surface area contributed by atoms with Gasteiger partial charge in [0.2, 0.25) is 5.88 Å². The molecule has 0 saturated carbocycles. The predicted octanol–water partition coefficient (Wildman–Crippen LogP) is 1.68. The SMILES string of the molecule is Cn1c(O)c(/C=N/NC(=O)c2ccccn2)sc1=S. The molecule has 98 valence electrons. The van der Waals surface area contributed by atoms with Crippen LogP contribution in [0.4, 0.5) is 0 Å². The third kappa shape index (κ3) is 3.04. The van der Waals surface area contributed by atoms with Crippen LogP contribution in [0.15, 0.2) is 29.5 Å². The Balaban J connectivity index is 2.06. The van der Waals surface area contributed by atoms with Crippen molar-refractivity contribution >= 4 is 35.7 Å². The third-order valence-corrected chi connectivity index (χ3v) is 3.73. The van der Waals surface area contributed by atoms with E-state index in [0.717, 1.165) is 0 Å². The summed E-state index contributed by atoms with van der Waals surface area (Å²) in [4.78, 5) is 16.0. The van der Waals surface area contributed by atoms with Gasteiger partial charge in [-0.15, -0.1) is 0 Å². The van der Waals surface area contributed by atoms with Crippen LogP contribution in [-0.4, -0.2) is 26.8 Å². The summed E-state index contributed by atoms with van der Waals surface area (Å²) >= 11 is 6.20. The third-order valence-electron chi connectivity index (χ3n) is 2.25. The van der Waals surface area contributed by atoms with Crippen molar-refractivity contribution < 1.29 is 9.90 Å². The fourth-order valence-corrected chi connectivity index (χ4v) is 2.35. The molecule has 0 unspecified atom stereocenters. The van der Waals surface area contributed by atoms with Crippen molar-refractivity contribution in [3.05, 3.63) is 38.9 Å². The number of thiazole rings is 1. The average Bonchev–Trinajstić information content (AvgIpc) is 2.67.